The monoisotopic (exact) mass is 336 g/mol. The van der Waals surface area contributed by atoms with Crippen LogP contribution in [0.3, 0.4) is 0 Å². The van der Waals surface area contributed by atoms with Gasteiger partial charge in [-0.25, -0.2) is 9.18 Å². The minimum Gasteiger partial charge on any atom is -0.387 e. The SMILES string of the molecule is CCCCCCC1(C)NC(=O)N(CC(O)c2cccc(F)c2)C1=O. The van der Waals surface area contributed by atoms with Gasteiger partial charge in [-0.2, -0.15) is 0 Å². The van der Waals surface area contributed by atoms with Gasteiger partial charge in [0.25, 0.3) is 5.91 Å². The highest BCUT2D eigenvalue weighted by Gasteiger charge is 2.47. The van der Waals surface area contributed by atoms with Crippen molar-refractivity contribution in [3.63, 3.8) is 0 Å². The Morgan fingerprint density at radius 3 is 2.71 bits per heavy atom. The van der Waals surface area contributed by atoms with E-state index in [1.807, 2.05) is 0 Å². The zero-order valence-corrected chi connectivity index (χ0v) is 14.2. The first-order valence-corrected chi connectivity index (χ1v) is 8.45. The summed E-state index contributed by atoms with van der Waals surface area (Å²) in [6, 6.07) is 5.02. The summed E-state index contributed by atoms with van der Waals surface area (Å²) in [5, 5.41) is 12.9. The van der Waals surface area contributed by atoms with Crippen LogP contribution in [0, 0.1) is 5.82 Å². The van der Waals surface area contributed by atoms with E-state index >= 15 is 0 Å². The van der Waals surface area contributed by atoms with Crippen LogP contribution in [-0.4, -0.2) is 34.0 Å². The van der Waals surface area contributed by atoms with Crippen LogP contribution in [0.1, 0.15) is 57.6 Å². The molecule has 24 heavy (non-hydrogen) atoms. The number of nitrogens with one attached hydrogen (secondary N) is 1. The summed E-state index contributed by atoms with van der Waals surface area (Å²) in [6.07, 6.45) is 3.53. The van der Waals surface area contributed by atoms with Gasteiger partial charge in [0.2, 0.25) is 0 Å². The lowest BCUT2D eigenvalue weighted by Crippen LogP contribution is -2.44. The van der Waals surface area contributed by atoms with Gasteiger partial charge in [0.1, 0.15) is 11.4 Å². The van der Waals surface area contributed by atoms with Gasteiger partial charge >= 0.3 is 6.03 Å². The fraction of sp³-hybridized carbons (Fsp3) is 0.556. The number of hydrogen-bond acceptors (Lipinski definition) is 3. The molecule has 3 amide bonds. The van der Waals surface area contributed by atoms with Crippen molar-refractivity contribution in [3.05, 3.63) is 35.6 Å². The molecule has 1 saturated heterocycles. The number of hydrogen-bond donors (Lipinski definition) is 2. The maximum absolute atomic E-state index is 13.2. The molecule has 1 heterocycles. The number of urea groups is 1. The average molecular weight is 336 g/mol. The molecule has 6 heteroatoms. The Morgan fingerprint density at radius 1 is 1.29 bits per heavy atom. The smallest absolute Gasteiger partial charge is 0.325 e. The first-order valence-electron chi connectivity index (χ1n) is 8.45. The number of β-amino-alcohol motifs (C(OH)–C–C–N with tert-alkyl or cyclic N) is 1. The fourth-order valence-electron chi connectivity index (χ4n) is 2.98. The Labute approximate surface area is 141 Å². The van der Waals surface area contributed by atoms with E-state index in [0.29, 0.717) is 12.0 Å². The number of halogens is 1. The number of carbonyl (C=O) groups excluding carboxylic acids is 2. The zero-order chi connectivity index (χ0) is 17.7. The summed E-state index contributed by atoms with van der Waals surface area (Å²) in [6.45, 7) is 3.65. The molecule has 0 spiro atoms. The van der Waals surface area contributed by atoms with Crippen LogP contribution >= 0.6 is 0 Å². The number of unbranched alkanes of at least 4 members (excludes halogenated alkanes) is 3. The molecular formula is C18H25FN2O3. The van der Waals surface area contributed by atoms with Gasteiger partial charge in [-0.3, -0.25) is 9.69 Å². The van der Waals surface area contributed by atoms with Crippen LogP contribution in [0.15, 0.2) is 24.3 Å². The molecule has 5 nitrogen and oxygen atoms in total. The second-order valence-electron chi connectivity index (χ2n) is 6.56. The highest BCUT2D eigenvalue weighted by atomic mass is 19.1. The first kappa shape index (κ1) is 18.4. The fourth-order valence-corrected chi connectivity index (χ4v) is 2.98. The number of aliphatic hydroxyl groups is 1. The molecule has 0 aliphatic carbocycles. The number of aliphatic hydroxyl groups excluding tert-OH is 1. The molecule has 1 aliphatic rings. The summed E-state index contributed by atoms with van der Waals surface area (Å²) >= 11 is 0. The third kappa shape index (κ3) is 4.12. The Bertz CT molecular complexity index is 608. The van der Waals surface area contributed by atoms with Gasteiger partial charge in [-0.15, -0.1) is 0 Å². The minimum atomic E-state index is -1.11. The summed E-state index contributed by atoms with van der Waals surface area (Å²) in [4.78, 5) is 25.7. The van der Waals surface area contributed by atoms with E-state index < -0.39 is 23.5 Å². The lowest BCUT2D eigenvalue weighted by atomic mass is 9.94. The number of imide groups is 1. The summed E-state index contributed by atoms with van der Waals surface area (Å²) < 4.78 is 13.2. The van der Waals surface area contributed by atoms with Crippen LogP contribution in [0.4, 0.5) is 9.18 Å². The van der Waals surface area contributed by atoms with Crippen molar-refractivity contribution >= 4 is 11.9 Å². The lowest BCUT2D eigenvalue weighted by Gasteiger charge is -2.22. The molecule has 1 fully saturated rings. The predicted octanol–water partition coefficient (Wildman–Crippen LogP) is 3.14. The van der Waals surface area contributed by atoms with Gasteiger partial charge in [-0.05, 0) is 31.0 Å². The standard InChI is InChI=1S/C18H25FN2O3/c1-3-4-5-6-10-18(2)16(23)21(17(24)20-18)12-15(22)13-8-7-9-14(19)11-13/h7-9,11,15,22H,3-6,10,12H2,1-2H3,(H,20,24). The molecular weight excluding hydrogens is 311 g/mol. The quantitative estimate of drug-likeness (QED) is 0.566. The molecule has 1 aromatic carbocycles. The largest absolute Gasteiger partial charge is 0.387 e. The number of nitrogens with zero attached hydrogens (tertiary/aromatic N) is 1. The van der Waals surface area contributed by atoms with Crippen LogP contribution in [-0.2, 0) is 4.79 Å². The van der Waals surface area contributed by atoms with Crippen LogP contribution in [0.25, 0.3) is 0 Å². The van der Waals surface area contributed by atoms with Gasteiger partial charge in [0, 0.05) is 0 Å². The highest BCUT2D eigenvalue weighted by molar-refractivity contribution is 6.06. The van der Waals surface area contributed by atoms with Crippen molar-refractivity contribution in [1.82, 2.24) is 10.2 Å². The topological polar surface area (TPSA) is 69.6 Å². The number of carbonyl (C=O) groups is 2. The molecule has 0 bridgehead atoms. The van der Waals surface area contributed by atoms with Crippen molar-refractivity contribution in [1.29, 1.82) is 0 Å². The molecule has 2 atom stereocenters. The first-order chi connectivity index (χ1) is 11.4. The Morgan fingerprint density at radius 2 is 2.04 bits per heavy atom. The minimum absolute atomic E-state index is 0.182. The van der Waals surface area contributed by atoms with Crippen molar-refractivity contribution in [2.75, 3.05) is 6.54 Å². The molecule has 132 valence electrons. The van der Waals surface area contributed by atoms with Gasteiger partial charge in [0.15, 0.2) is 0 Å². The van der Waals surface area contributed by atoms with E-state index in [0.717, 1.165) is 30.6 Å². The van der Waals surface area contributed by atoms with Crippen LogP contribution in [0.5, 0.6) is 0 Å². The maximum Gasteiger partial charge on any atom is 0.325 e. The highest BCUT2D eigenvalue weighted by Crippen LogP contribution is 2.26. The van der Waals surface area contributed by atoms with Crippen molar-refractivity contribution in [2.24, 2.45) is 0 Å². The molecule has 2 unspecified atom stereocenters. The van der Waals surface area contributed by atoms with Crippen molar-refractivity contribution in [3.8, 4) is 0 Å². The third-order valence-electron chi connectivity index (χ3n) is 4.46. The molecule has 0 saturated carbocycles. The summed E-state index contributed by atoms with van der Waals surface area (Å²) in [5.41, 5.74) is -0.584. The summed E-state index contributed by atoms with van der Waals surface area (Å²) in [5.74, 6) is -0.802. The maximum atomic E-state index is 13.2. The average Bonchev–Trinajstić information content (AvgIpc) is 2.75. The number of benzene rings is 1. The molecule has 1 aliphatic heterocycles. The summed E-state index contributed by atoms with van der Waals surface area (Å²) in [7, 11) is 0. The van der Waals surface area contributed by atoms with Crippen LogP contribution < -0.4 is 5.32 Å². The van der Waals surface area contributed by atoms with E-state index in [9.17, 15) is 19.1 Å². The van der Waals surface area contributed by atoms with E-state index in [4.69, 9.17) is 0 Å². The number of amides is 3. The Balaban J connectivity index is 2.00. The second kappa shape index (κ2) is 7.75. The van der Waals surface area contributed by atoms with Crippen LogP contribution in [0.2, 0.25) is 0 Å². The molecule has 2 N–H and O–H groups in total. The molecule has 1 aromatic rings. The Kier molecular flexibility index (Phi) is 5.94. The van der Waals surface area contributed by atoms with E-state index in [1.165, 1.54) is 18.2 Å². The van der Waals surface area contributed by atoms with Crippen molar-refractivity contribution < 1.29 is 19.1 Å². The number of rotatable bonds is 8. The predicted molar refractivity (Wildman–Crippen MR) is 88.8 cm³/mol. The van der Waals surface area contributed by atoms with Gasteiger partial charge in [-0.1, -0.05) is 44.7 Å². The Hall–Kier alpha value is -1.95. The third-order valence-corrected chi connectivity index (χ3v) is 4.46. The second-order valence-corrected chi connectivity index (χ2v) is 6.56. The lowest BCUT2D eigenvalue weighted by molar-refractivity contribution is -0.132. The van der Waals surface area contributed by atoms with Gasteiger partial charge in [0.05, 0.1) is 12.6 Å². The van der Waals surface area contributed by atoms with E-state index in [-0.39, 0.29) is 12.5 Å². The normalized spacial score (nSPS) is 21.9. The molecule has 0 radical (unpaired) electrons. The van der Waals surface area contributed by atoms with Crippen molar-refractivity contribution in [2.45, 2.75) is 57.6 Å². The van der Waals surface area contributed by atoms with Gasteiger partial charge < -0.3 is 10.4 Å². The molecule has 0 aromatic heterocycles. The van der Waals surface area contributed by atoms with E-state index in [1.54, 1.807) is 13.0 Å². The van der Waals surface area contributed by atoms with E-state index in [2.05, 4.69) is 12.2 Å². The zero-order valence-electron chi connectivity index (χ0n) is 14.2. The molecule has 2 rings (SSSR count).